The highest BCUT2D eigenvalue weighted by atomic mass is 16.1. The van der Waals surface area contributed by atoms with Crippen LogP contribution in [-0.4, -0.2) is 31.0 Å². The fraction of sp³-hybridized carbons (Fsp3) is 0.143. The topological polar surface area (TPSA) is 175 Å². The van der Waals surface area contributed by atoms with Crippen molar-refractivity contribution >= 4 is 17.2 Å². The van der Waals surface area contributed by atoms with E-state index in [2.05, 4.69) is 15.5 Å². The molecule has 0 bridgehead atoms. The summed E-state index contributed by atoms with van der Waals surface area (Å²) in [4.78, 5) is 11.5. The minimum absolute atomic E-state index is 0. The van der Waals surface area contributed by atoms with E-state index >= 15 is 0 Å². The number of hydrogen-bond acceptors (Lipinski definition) is 6. The first-order chi connectivity index (χ1) is 6.61. The highest BCUT2D eigenvalue weighted by Gasteiger charge is 2.07. The summed E-state index contributed by atoms with van der Waals surface area (Å²) >= 11 is 0. The van der Waals surface area contributed by atoms with Crippen molar-refractivity contribution in [1.82, 2.24) is 20.0 Å². The molecular weight excluding hydrogens is 216 g/mol. The van der Waals surface area contributed by atoms with E-state index in [-0.39, 0.29) is 27.8 Å². The van der Waals surface area contributed by atoms with E-state index in [1.807, 2.05) is 0 Å². The lowest BCUT2D eigenvalue weighted by molar-refractivity contribution is 0.823. The van der Waals surface area contributed by atoms with E-state index in [1.54, 1.807) is 6.92 Å². The third-order valence-corrected chi connectivity index (χ3v) is 1.86. The molecule has 0 amide bonds. The van der Waals surface area contributed by atoms with Gasteiger partial charge in [0, 0.05) is 11.8 Å². The number of pyridine rings is 1. The van der Waals surface area contributed by atoms with Gasteiger partial charge in [-0.2, -0.15) is 4.52 Å². The number of nitrogen functional groups attached to an aromatic ring is 1. The smallest absolute Gasteiger partial charge is 0.195 e. The summed E-state index contributed by atoms with van der Waals surface area (Å²) in [6.07, 6.45) is 0. The first kappa shape index (κ1) is 13.7. The summed E-state index contributed by atoms with van der Waals surface area (Å²) in [5.74, 6) is 0.194. The Morgan fingerprint density at radius 3 is 2.62 bits per heavy atom. The first-order valence-electron chi connectivity index (χ1n) is 3.88. The van der Waals surface area contributed by atoms with Gasteiger partial charge in [0.25, 0.3) is 0 Å². The Hall–Kier alpha value is -2.26. The van der Waals surface area contributed by atoms with Crippen LogP contribution in [0.1, 0.15) is 6.92 Å². The van der Waals surface area contributed by atoms with Crippen molar-refractivity contribution in [3.63, 3.8) is 0 Å². The molecule has 0 radical (unpaired) electrons. The van der Waals surface area contributed by atoms with E-state index < -0.39 is 0 Å². The predicted octanol–water partition coefficient (Wildman–Crippen LogP) is -3.78. The molecular formula is C7H12N6O3. The zero-order valence-corrected chi connectivity index (χ0v) is 8.43. The largest absolute Gasteiger partial charge is 0.412 e. The van der Waals surface area contributed by atoms with E-state index in [0.29, 0.717) is 10.9 Å². The van der Waals surface area contributed by atoms with Gasteiger partial charge in [-0.05, 0) is 17.4 Å². The molecule has 0 spiro atoms. The zero-order chi connectivity index (χ0) is 10.3. The second kappa shape index (κ2) is 4.51. The molecule has 9 heteroatoms. The summed E-state index contributed by atoms with van der Waals surface area (Å²) in [5, 5.41) is 11.0. The zero-order valence-electron chi connectivity index (χ0n) is 8.43. The van der Waals surface area contributed by atoms with Crippen LogP contribution >= 0.6 is 0 Å². The average molecular weight is 228 g/mol. The lowest BCUT2D eigenvalue weighted by atomic mass is 10.3. The monoisotopic (exact) mass is 228 g/mol. The molecule has 0 atom stereocenters. The molecule has 2 heterocycles. The van der Waals surface area contributed by atoms with Crippen LogP contribution in [0, 0.1) is 0 Å². The van der Waals surface area contributed by atoms with Crippen molar-refractivity contribution in [1.29, 1.82) is 0 Å². The van der Waals surface area contributed by atoms with Crippen LogP contribution in [-0.2, 0) is 0 Å². The molecule has 8 N–H and O–H groups in total. The SMILES string of the molecule is C/C(N)=c1/c(=O)cc(N)n2nnnc12.O.O. The maximum absolute atomic E-state index is 11.5. The molecule has 0 aliphatic rings. The Morgan fingerprint density at radius 2 is 2.06 bits per heavy atom. The van der Waals surface area contributed by atoms with E-state index in [0.717, 1.165) is 0 Å². The summed E-state index contributed by atoms with van der Waals surface area (Å²) in [5.41, 5.74) is 11.5. The first-order valence-corrected chi connectivity index (χ1v) is 3.88. The van der Waals surface area contributed by atoms with Gasteiger partial charge in [0.15, 0.2) is 11.1 Å². The van der Waals surface area contributed by atoms with E-state index in [9.17, 15) is 4.79 Å². The van der Waals surface area contributed by atoms with Crippen LogP contribution in [0.15, 0.2) is 10.9 Å². The third-order valence-electron chi connectivity index (χ3n) is 1.86. The maximum atomic E-state index is 11.5. The number of hydrogen-bond donors (Lipinski definition) is 2. The van der Waals surface area contributed by atoms with Gasteiger partial charge in [0.2, 0.25) is 0 Å². The van der Waals surface area contributed by atoms with Gasteiger partial charge in [-0.1, -0.05) is 0 Å². The van der Waals surface area contributed by atoms with Gasteiger partial charge in [-0.3, -0.25) is 4.79 Å². The summed E-state index contributed by atoms with van der Waals surface area (Å²) in [6, 6.07) is 1.25. The Morgan fingerprint density at radius 1 is 1.44 bits per heavy atom. The lowest BCUT2D eigenvalue weighted by Gasteiger charge is -1.96. The molecule has 2 aromatic rings. The van der Waals surface area contributed by atoms with Gasteiger partial charge in [-0.15, -0.1) is 5.10 Å². The molecule has 0 unspecified atom stereocenters. The predicted molar refractivity (Wildman–Crippen MR) is 57.2 cm³/mol. The minimum Gasteiger partial charge on any atom is -0.412 e. The van der Waals surface area contributed by atoms with Crippen molar-refractivity contribution in [2.75, 3.05) is 5.73 Å². The highest BCUT2D eigenvalue weighted by Crippen LogP contribution is 1.95. The normalized spacial score (nSPS) is 11.6. The molecule has 0 aromatic carbocycles. The number of aromatic nitrogens is 4. The fourth-order valence-electron chi connectivity index (χ4n) is 1.27. The van der Waals surface area contributed by atoms with E-state index in [4.69, 9.17) is 11.5 Å². The third kappa shape index (κ3) is 1.76. The van der Waals surface area contributed by atoms with Crippen molar-refractivity contribution in [3.8, 4) is 0 Å². The van der Waals surface area contributed by atoms with Crippen molar-refractivity contribution in [2.45, 2.75) is 6.92 Å². The molecule has 2 aromatic heterocycles. The summed E-state index contributed by atoms with van der Waals surface area (Å²) < 4.78 is 1.27. The quantitative estimate of drug-likeness (QED) is 0.467. The number of tetrazole rings is 1. The number of nitrogens with zero attached hydrogens (tertiary/aromatic N) is 4. The van der Waals surface area contributed by atoms with Crippen LogP contribution in [0.25, 0.3) is 11.3 Å². The number of nitrogens with two attached hydrogens (primary N) is 2. The van der Waals surface area contributed by atoms with Gasteiger partial charge >= 0.3 is 0 Å². The summed E-state index contributed by atoms with van der Waals surface area (Å²) in [7, 11) is 0. The Kier molecular flexibility index (Phi) is 3.87. The Balaban J connectivity index is 0.00000112. The Bertz CT molecular complexity index is 602. The van der Waals surface area contributed by atoms with Crippen LogP contribution in [0.5, 0.6) is 0 Å². The van der Waals surface area contributed by atoms with Crippen LogP contribution in [0.2, 0.25) is 0 Å². The second-order valence-electron chi connectivity index (χ2n) is 2.91. The van der Waals surface area contributed by atoms with Crippen molar-refractivity contribution in [2.24, 2.45) is 5.73 Å². The molecule has 2 rings (SSSR count). The lowest BCUT2D eigenvalue weighted by Crippen LogP contribution is -2.31. The van der Waals surface area contributed by atoms with Crippen molar-refractivity contribution < 1.29 is 11.0 Å². The molecule has 88 valence electrons. The maximum Gasteiger partial charge on any atom is 0.195 e. The molecule has 0 aliphatic heterocycles. The van der Waals surface area contributed by atoms with Crippen LogP contribution < -0.4 is 22.1 Å². The molecule has 16 heavy (non-hydrogen) atoms. The van der Waals surface area contributed by atoms with Gasteiger partial charge in [0.1, 0.15) is 5.82 Å². The molecule has 9 nitrogen and oxygen atoms in total. The van der Waals surface area contributed by atoms with Crippen molar-refractivity contribution in [3.05, 3.63) is 21.5 Å². The molecule has 0 saturated carbocycles. The number of rotatable bonds is 0. The Labute approximate surface area is 89.0 Å². The van der Waals surface area contributed by atoms with Gasteiger partial charge < -0.3 is 22.4 Å². The summed E-state index contributed by atoms with van der Waals surface area (Å²) in [6.45, 7) is 1.61. The minimum atomic E-state index is -0.273. The fourth-order valence-corrected chi connectivity index (χ4v) is 1.27. The van der Waals surface area contributed by atoms with Crippen LogP contribution in [0.4, 0.5) is 5.82 Å². The van der Waals surface area contributed by atoms with Gasteiger partial charge in [0.05, 0.1) is 5.22 Å². The number of fused-ring (bicyclic) bond motifs is 1. The molecule has 0 aliphatic carbocycles. The average Bonchev–Trinajstić information content (AvgIpc) is 2.51. The van der Waals surface area contributed by atoms with Gasteiger partial charge in [-0.25, -0.2) is 0 Å². The van der Waals surface area contributed by atoms with Crippen LogP contribution in [0.3, 0.4) is 0 Å². The van der Waals surface area contributed by atoms with E-state index in [1.165, 1.54) is 10.6 Å². The second-order valence-corrected chi connectivity index (χ2v) is 2.91. The number of anilines is 1. The molecule has 0 fully saturated rings. The highest BCUT2D eigenvalue weighted by molar-refractivity contribution is 5.54. The molecule has 0 saturated heterocycles. The standard InChI is InChI=1S/C7H8N6O.2H2O/c1-3(8)6-4(14)2-5(9)13-7(6)10-11-12-13;;/h2H,8-9H2,1H3;2*1H2/b6-3+;;.